The van der Waals surface area contributed by atoms with Gasteiger partial charge in [-0.2, -0.15) is 5.06 Å². The Balaban J connectivity index is 0.000000333. The molecule has 2 saturated heterocycles. The summed E-state index contributed by atoms with van der Waals surface area (Å²) in [5, 5.41) is 71.4. The lowest BCUT2D eigenvalue weighted by Crippen LogP contribution is -2.39. The third-order valence-corrected chi connectivity index (χ3v) is 20.8. The molecule has 0 saturated carbocycles. The predicted octanol–water partition coefficient (Wildman–Crippen LogP) is 5.01. The van der Waals surface area contributed by atoms with Crippen LogP contribution in [0.1, 0.15) is 188 Å². The number of benzene rings is 4. The number of anilines is 2. The van der Waals surface area contributed by atoms with Gasteiger partial charge < -0.3 is 115 Å². The number of nitrogens with one attached hydrogen (secondary N) is 5. The van der Waals surface area contributed by atoms with Crippen LogP contribution in [0, 0.1) is 30.6 Å². The van der Waals surface area contributed by atoms with Crippen LogP contribution in [0.15, 0.2) is 84.9 Å². The number of aromatic amines is 2. The van der Waals surface area contributed by atoms with Crippen molar-refractivity contribution in [3.8, 4) is 12.8 Å². The molecule has 2 fully saturated rings. The lowest BCUT2D eigenvalue weighted by Gasteiger charge is -2.23. The lowest BCUT2D eigenvalue weighted by molar-refractivity contribution is -0.197. The van der Waals surface area contributed by atoms with Gasteiger partial charge in [0.15, 0.2) is 0 Å². The van der Waals surface area contributed by atoms with Gasteiger partial charge in [-0.1, -0.05) is 36.4 Å². The van der Waals surface area contributed by atoms with Crippen LogP contribution in [0.2, 0.25) is 0 Å². The highest BCUT2D eigenvalue weighted by Crippen LogP contribution is 2.29. The van der Waals surface area contributed by atoms with E-state index < -0.39 is 102 Å². The molecule has 0 radical (unpaired) electrons. The monoisotopic (exact) mass is 1920 g/mol. The van der Waals surface area contributed by atoms with Crippen LogP contribution in [0.5, 0.6) is 0 Å². The minimum atomic E-state index is -1.11. The van der Waals surface area contributed by atoms with E-state index in [2.05, 4.69) is 42.3 Å². The number of carbonyl (C=O) groups is 16. The van der Waals surface area contributed by atoms with Gasteiger partial charge in [0.05, 0.1) is 112 Å². The molecule has 3 unspecified atom stereocenters. The van der Waals surface area contributed by atoms with Gasteiger partial charge in [0.25, 0.3) is 35.4 Å². The zero-order chi connectivity index (χ0) is 102. The number of hydroxylamine groups is 4. The van der Waals surface area contributed by atoms with Crippen LogP contribution in [-0.4, -0.2) is 312 Å². The second kappa shape index (κ2) is 62.3. The molecule has 10 rings (SSSR count). The van der Waals surface area contributed by atoms with E-state index in [1.165, 1.54) is 16.2 Å². The predicted molar refractivity (Wildman–Crippen MR) is 491 cm³/mol. The summed E-state index contributed by atoms with van der Waals surface area (Å²) in [6.07, 6.45) is 11.6. The van der Waals surface area contributed by atoms with Crippen molar-refractivity contribution in [1.29, 1.82) is 0 Å². The molecule has 0 aliphatic carbocycles. The highest BCUT2D eigenvalue weighted by molar-refractivity contribution is 6.02. The second-order valence-electron chi connectivity index (χ2n) is 32.1. The van der Waals surface area contributed by atoms with Gasteiger partial charge in [0.1, 0.15) is 25.1 Å². The number of carbonyl (C=O) groups excluding carboxylic acids is 13. The molecule has 137 heavy (non-hydrogen) atoms. The maximum atomic E-state index is 14.0. The van der Waals surface area contributed by atoms with Gasteiger partial charge in [-0.05, 0) is 132 Å². The van der Waals surface area contributed by atoms with E-state index in [0.29, 0.717) is 176 Å². The average Bonchev–Trinajstić information content (AvgIpc) is 1.60. The number of esters is 3. The van der Waals surface area contributed by atoms with Gasteiger partial charge in [0.2, 0.25) is 17.7 Å². The van der Waals surface area contributed by atoms with Crippen LogP contribution in [0.25, 0.3) is 22.1 Å². The Kier molecular flexibility index (Phi) is 51.1. The number of imidazole rings is 2. The number of nitrogens with zero attached hydrogens (tertiary/aromatic N) is 8. The number of unbranched alkanes of at least 4 members (excludes halogenated alkanes) is 2. The quantitative estimate of drug-likeness (QED) is 0.00595. The fourth-order valence-corrected chi connectivity index (χ4v) is 13.2. The number of H-pyrrole nitrogens is 2. The molecule has 44 nitrogen and oxygen atoms in total. The van der Waals surface area contributed by atoms with Crippen molar-refractivity contribution in [2.45, 2.75) is 181 Å². The van der Waals surface area contributed by atoms with Gasteiger partial charge in [-0.15, -0.1) is 17.9 Å². The molecule has 9 amide bonds. The van der Waals surface area contributed by atoms with Crippen LogP contribution >= 0.6 is 0 Å². The summed E-state index contributed by atoms with van der Waals surface area (Å²) in [7, 11) is 3.25. The number of ether oxygens (including phenoxy) is 6. The van der Waals surface area contributed by atoms with Crippen molar-refractivity contribution in [2.75, 3.05) is 130 Å². The van der Waals surface area contributed by atoms with Gasteiger partial charge in [-0.25, -0.2) is 14.8 Å². The van der Waals surface area contributed by atoms with Crippen molar-refractivity contribution in [3.05, 3.63) is 119 Å². The molecule has 0 spiro atoms. The second-order valence-corrected chi connectivity index (χ2v) is 32.1. The molecule has 6 heterocycles. The number of rotatable bonds is 50. The summed E-state index contributed by atoms with van der Waals surface area (Å²) in [6, 6.07) is 23.8. The maximum Gasteiger partial charge on any atom is 0.333 e. The molecule has 2 aromatic heterocycles. The minimum Gasteiger partial charge on any atom is -0.481 e. The molecule has 14 N–H and O–H groups in total. The topological polar surface area (TPSA) is 618 Å². The number of hydrogen-bond donors (Lipinski definition) is 13. The van der Waals surface area contributed by atoms with Crippen LogP contribution in [-0.2, 0) is 127 Å². The minimum absolute atomic E-state index is 0.0278. The molecule has 4 aliphatic heterocycles. The first-order chi connectivity index (χ1) is 66.1. The zero-order valence-corrected chi connectivity index (χ0v) is 77.8. The number of para-hydroxylation sites is 4. The summed E-state index contributed by atoms with van der Waals surface area (Å²) in [6.45, 7) is 10.1. The Morgan fingerprint density at radius 2 is 0.898 bits per heavy atom. The number of likely N-dealkylation sites (N-methyl/N-ethyl adjacent to an activating group) is 2. The third kappa shape index (κ3) is 41.0. The lowest BCUT2D eigenvalue weighted by atomic mass is 10.1. The Labute approximate surface area is 793 Å². The summed E-state index contributed by atoms with van der Waals surface area (Å²) < 4.78 is 36.5. The number of amides is 9. The zero-order valence-electron chi connectivity index (χ0n) is 78.8. The highest BCUT2D eigenvalue weighted by Gasteiger charge is 2.35. The number of aliphatic carboxylic acids is 3. The van der Waals surface area contributed by atoms with E-state index in [1.807, 2.05) is 54.6 Å². The normalized spacial score (nSPS) is 14.9. The van der Waals surface area contributed by atoms with E-state index >= 15 is 0 Å². The molecule has 5 atom stereocenters. The molecule has 4 aliphatic rings. The van der Waals surface area contributed by atoms with E-state index in [4.69, 9.17) is 66.0 Å². The Hall–Kier alpha value is -13.4. The fraction of sp³-hybridized carbons (Fsp3) is 0.527. The Bertz CT molecular complexity index is 4950. The number of hydrogen-bond acceptors (Lipinski definition) is 32. The summed E-state index contributed by atoms with van der Waals surface area (Å²) >= 11 is 0. The number of aliphatic hydroxyl groups is 3. The number of carboxylic acids is 3. The Morgan fingerprint density at radius 1 is 0.511 bits per heavy atom. The average molecular weight is 1920 g/mol. The molecule has 6 aromatic rings. The number of imide groups is 2. The number of fused-ring (bicyclic) bond motifs is 4. The van der Waals surface area contributed by atoms with Crippen molar-refractivity contribution in [1.82, 2.24) is 55.0 Å². The highest BCUT2D eigenvalue weighted by atomic mass is 16.7. The van der Waals surface area contributed by atoms with Crippen LogP contribution < -0.4 is 21.7 Å². The molecule has 0 bridgehead atoms. The molecule has 44 heteroatoms. The molecular weight excluding hydrogens is 1790 g/mol. The number of nitrogens with two attached hydrogens (primary N) is 1. The maximum absolute atomic E-state index is 14.0. The first kappa shape index (κ1) is 112. The summed E-state index contributed by atoms with van der Waals surface area (Å²) in [5.74, 6) is -8.44. The van der Waals surface area contributed by atoms with Crippen molar-refractivity contribution >= 4 is 128 Å². The summed E-state index contributed by atoms with van der Waals surface area (Å²) in [4.78, 5) is 214. The SMILES string of the molecule is CC(CO)C(=O)OCCCOCCCC(=O)O.CC(CO)C(=O)OCCCOCCCC(=O)ON1C(=O)CCC1=O.CC(CO)C(=O)OCCCOCCCNC(=O)CCCCN(Cc1nc2ccccc2[nH]1)C(=O)c1ccc2c(c1)N[C@@H](CC(=O)O)C(=O)N(C)C2.CN1Cc2ccc(C(=O)N(CCCCN)Cc3nc4ccccc4[nH]3)cc2N[C@@H](CC(=O)O)C1=O.O=C1CCC(=O)N1O.[2H]C#C. The number of carboxylic acid groups (broad SMARTS) is 3. The molecule has 4 aromatic carbocycles. The number of aliphatic hydroxyl groups excluding tert-OH is 3. The van der Waals surface area contributed by atoms with E-state index in [-0.39, 0.29) is 132 Å². The number of aromatic nitrogens is 4. The first-order valence-electron chi connectivity index (χ1n) is 45.5. The van der Waals surface area contributed by atoms with E-state index in [9.17, 15) is 86.9 Å². The number of terminal acetylenes is 1. The van der Waals surface area contributed by atoms with Crippen molar-refractivity contribution < 1.29 is 147 Å². The summed E-state index contributed by atoms with van der Waals surface area (Å²) in [5.41, 5.74) is 12.6. The first-order valence-corrected chi connectivity index (χ1v) is 45.0. The smallest absolute Gasteiger partial charge is 0.333 e. The third-order valence-electron chi connectivity index (χ3n) is 20.8. The van der Waals surface area contributed by atoms with E-state index in [0.717, 1.165) is 46.0 Å². The van der Waals surface area contributed by atoms with E-state index in [1.54, 1.807) is 75.0 Å². The van der Waals surface area contributed by atoms with Crippen molar-refractivity contribution in [3.63, 3.8) is 0 Å². The molecule has 750 valence electrons. The largest absolute Gasteiger partial charge is 0.481 e. The van der Waals surface area contributed by atoms with Crippen LogP contribution in [0.3, 0.4) is 0 Å². The Morgan fingerprint density at radius 3 is 1.28 bits per heavy atom. The standard InChI is InChI=1S/C36H48N6O9.C25H30N6O4.C15H23NO8.C11H20O6.C4H5NO3.C2H2/c1-24(23-43)36(49)51-18-8-17-50-16-7-14-37-32(44)11-5-6-15-42(22-31-39-27-9-3-4-10-28(27)40-31)34(47)25-12-13-26-21-41(2)35(48)30(20-33(45)46)38-29(26)19-25;1-30-14-17-9-8-16(12-20(17)27-21(25(30)35)13-23(32)33)24(34)31(11-5-4-10-26)15-22-28-18-6-2-3-7-19(18)29-22;1-11(10-17)15(21)23-9-3-8-22-7-2-4-14(20)24-16-12(18)5-6-13(16)19;1-9(8-12)11(15)17-7-3-6-16-5-2-4-10(13)14;6-3-1-2-4(7)5(3)8;1-2/h3-4,9-10,12-13,19,24,30,38,43H,5-8,11,14-18,20-23H2,1-2H3,(H,37,44)(H,39,40)(H,45,46);2-3,6-9,12,21,27H,4-5,10-11,13-15,26H2,1H3,(H,28,29)(H,32,33);11,17H,2-10H2,1H3;9,12H,2-8H2,1H3,(H,13,14);8H,1-2H2;1-2H/t24?,30-;21-;;;;/m00..../s1/i;;;;;1D. The van der Waals surface area contributed by atoms with Gasteiger partial charge in [0, 0.05) is 167 Å². The van der Waals surface area contributed by atoms with Gasteiger partial charge >= 0.3 is 41.8 Å². The van der Waals surface area contributed by atoms with Crippen LogP contribution in [0.4, 0.5) is 11.4 Å². The fourth-order valence-electron chi connectivity index (χ4n) is 13.2. The van der Waals surface area contributed by atoms with Gasteiger partial charge in [-0.3, -0.25) is 77.1 Å². The molecular formula is C93H128N14O30. The van der Waals surface area contributed by atoms with Crippen molar-refractivity contribution in [2.24, 2.45) is 23.5 Å².